The van der Waals surface area contributed by atoms with Crippen LogP contribution in [0.2, 0.25) is 0 Å². The van der Waals surface area contributed by atoms with Gasteiger partial charge in [0, 0.05) is 6.08 Å². The van der Waals surface area contributed by atoms with E-state index in [9.17, 15) is 4.79 Å². The van der Waals surface area contributed by atoms with Crippen LogP contribution in [-0.2, 0) is 11.2 Å². The summed E-state index contributed by atoms with van der Waals surface area (Å²) in [4.78, 5) is 10.4. The van der Waals surface area contributed by atoms with Crippen LogP contribution in [0.15, 0.2) is 60.7 Å². The van der Waals surface area contributed by atoms with Gasteiger partial charge >= 0.3 is 5.97 Å². The first-order valence-electron chi connectivity index (χ1n) is 7.42. The third-order valence-electron chi connectivity index (χ3n) is 3.27. The van der Waals surface area contributed by atoms with Gasteiger partial charge in [-0.3, -0.25) is 0 Å². The van der Waals surface area contributed by atoms with Gasteiger partial charge in [-0.05, 0) is 48.6 Å². The van der Waals surface area contributed by atoms with E-state index in [1.165, 1.54) is 5.56 Å². The molecule has 0 aliphatic heterocycles. The predicted octanol–water partition coefficient (Wildman–Crippen LogP) is 4.19. The molecule has 2 rings (SSSR count). The first kappa shape index (κ1) is 15.8. The summed E-state index contributed by atoms with van der Waals surface area (Å²) in [5.74, 6) is -0.133. The van der Waals surface area contributed by atoms with Gasteiger partial charge in [0.2, 0.25) is 0 Å². The summed E-state index contributed by atoms with van der Waals surface area (Å²) >= 11 is 0. The number of unbranched alkanes of at least 4 members (excludes halogenated alkanes) is 1. The average Bonchev–Trinajstić information content (AvgIpc) is 2.54. The van der Waals surface area contributed by atoms with Gasteiger partial charge in [-0.2, -0.15) is 0 Å². The van der Waals surface area contributed by atoms with Crippen LogP contribution in [0.5, 0.6) is 5.75 Å². The molecule has 0 saturated heterocycles. The molecule has 1 N–H and O–H groups in total. The molecular formula is C19H20O3. The maximum atomic E-state index is 10.4. The lowest BCUT2D eigenvalue weighted by atomic mass is 10.1. The molecule has 114 valence electrons. The van der Waals surface area contributed by atoms with Crippen LogP contribution < -0.4 is 4.74 Å². The second-order valence-electron chi connectivity index (χ2n) is 5.03. The molecule has 0 aromatic heterocycles. The summed E-state index contributed by atoms with van der Waals surface area (Å²) in [7, 11) is 0. The van der Waals surface area contributed by atoms with Gasteiger partial charge in [0.25, 0.3) is 0 Å². The van der Waals surface area contributed by atoms with Crippen molar-refractivity contribution in [1.29, 1.82) is 0 Å². The van der Waals surface area contributed by atoms with E-state index in [1.54, 1.807) is 6.08 Å². The number of hydrogen-bond acceptors (Lipinski definition) is 2. The molecular weight excluding hydrogens is 276 g/mol. The molecule has 0 aliphatic rings. The molecule has 0 amide bonds. The molecule has 2 aromatic carbocycles. The Morgan fingerprint density at radius 3 is 2.41 bits per heavy atom. The number of aliphatic carboxylic acids is 1. The Kier molecular flexibility index (Phi) is 6.24. The summed E-state index contributed by atoms with van der Waals surface area (Å²) in [5.41, 5.74) is 2.20. The minimum absolute atomic E-state index is 0.692. The lowest BCUT2D eigenvalue weighted by molar-refractivity contribution is -0.131. The highest BCUT2D eigenvalue weighted by Crippen LogP contribution is 2.14. The largest absolute Gasteiger partial charge is 0.494 e. The molecule has 0 spiro atoms. The van der Waals surface area contributed by atoms with Gasteiger partial charge < -0.3 is 9.84 Å². The zero-order valence-electron chi connectivity index (χ0n) is 12.4. The normalized spacial score (nSPS) is 10.7. The SMILES string of the molecule is O=C(O)C=Cc1ccc(OCCCCc2ccccc2)cc1. The lowest BCUT2D eigenvalue weighted by Crippen LogP contribution is -1.98. The number of carboxylic acid groups (broad SMARTS) is 1. The fourth-order valence-corrected chi connectivity index (χ4v) is 2.11. The van der Waals surface area contributed by atoms with Crippen LogP contribution in [0.1, 0.15) is 24.0 Å². The van der Waals surface area contributed by atoms with E-state index in [-0.39, 0.29) is 0 Å². The fourth-order valence-electron chi connectivity index (χ4n) is 2.11. The topological polar surface area (TPSA) is 46.5 Å². The van der Waals surface area contributed by atoms with Crippen LogP contribution in [0.25, 0.3) is 6.08 Å². The van der Waals surface area contributed by atoms with Gasteiger partial charge in [0.1, 0.15) is 5.75 Å². The van der Waals surface area contributed by atoms with E-state index in [0.29, 0.717) is 6.61 Å². The minimum atomic E-state index is -0.946. The van der Waals surface area contributed by atoms with E-state index in [2.05, 4.69) is 24.3 Å². The number of aryl methyl sites for hydroxylation is 1. The van der Waals surface area contributed by atoms with E-state index in [0.717, 1.165) is 36.7 Å². The number of hydrogen-bond donors (Lipinski definition) is 1. The smallest absolute Gasteiger partial charge is 0.328 e. The summed E-state index contributed by atoms with van der Waals surface area (Å²) in [6, 6.07) is 17.9. The van der Waals surface area contributed by atoms with Crippen LogP contribution in [0.4, 0.5) is 0 Å². The molecule has 0 fully saturated rings. The van der Waals surface area contributed by atoms with Gasteiger partial charge in [-0.1, -0.05) is 42.5 Å². The zero-order valence-corrected chi connectivity index (χ0v) is 12.4. The van der Waals surface area contributed by atoms with Crippen LogP contribution in [0.3, 0.4) is 0 Å². The number of carboxylic acids is 1. The average molecular weight is 296 g/mol. The maximum Gasteiger partial charge on any atom is 0.328 e. The monoisotopic (exact) mass is 296 g/mol. The summed E-state index contributed by atoms with van der Waals surface area (Å²) < 4.78 is 5.68. The van der Waals surface area contributed by atoms with Gasteiger partial charge in [-0.15, -0.1) is 0 Å². The maximum absolute atomic E-state index is 10.4. The molecule has 0 heterocycles. The molecule has 0 saturated carbocycles. The molecule has 0 unspecified atom stereocenters. The molecule has 0 aliphatic carbocycles. The summed E-state index contributed by atoms with van der Waals surface area (Å²) in [5, 5.41) is 8.57. The Hall–Kier alpha value is -2.55. The number of carbonyl (C=O) groups is 1. The van der Waals surface area contributed by atoms with Crippen molar-refractivity contribution in [3.8, 4) is 5.75 Å². The van der Waals surface area contributed by atoms with E-state index < -0.39 is 5.97 Å². The molecule has 22 heavy (non-hydrogen) atoms. The Morgan fingerprint density at radius 2 is 1.73 bits per heavy atom. The molecule has 3 nitrogen and oxygen atoms in total. The first-order chi connectivity index (χ1) is 10.7. The van der Waals surface area contributed by atoms with Crippen LogP contribution in [-0.4, -0.2) is 17.7 Å². The predicted molar refractivity (Wildman–Crippen MR) is 88.0 cm³/mol. The second kappa shape index (κ2) is 8.67. The highest BCUT2D eigenvalue weighted by molar-refractivity contribution is 5.85. The standard InChI is InChI=1S/C19H20O3/c20-19(21)14-11-17-9-12-18(13-10-17)22-15-5-4-8-16-6-2-1-3-7-16/h1-3,6-7,9-14H,4-5,8,15H2,(H,20,21). The van der Waals surface area contributed by atoms with Crippen LogP contribution in [0, 0.1) is 0 Å². The van der Waals surface area contributed by atoms with E-state index in [4.69, 9.17) is 9.84 Å². The van der Waals surface area contributed by atoms with Gasteiger partial charge in [0.15, 0.2) is 0 Å². The van der Waals surface area contributed by atoms with Crippen molar-refractivity contribution in [3.63, 3.8) is 0 Å². The Labute approximate surface area is 130 Å². The third kappa shape index (κ3) is 5.83. The molecule has 3 heteroatoms. The van der Waals surface area contributed by atoms with Crippen molar-refractivity contribution in [2.24, 2.45) is 0 Å². The van der Waals surface area contributed by atoms with Gasteiger partial charge in [-0.25, -0.2) is 4.79 Å². The Balaban J connectivity index is 1.68. The number of rotatable bonds is 8. The summed E-state index contributed by atoms with van der Waals surface area (Å²) in [6.45, 7) is 0.692. The van der Waals surface area contributed by atoms with Crippen molar-refractivity contribution in [2.75, 3.05) is 6.61 Å². The van der Waals surface area contributed by atoms with Crippen LogP contribution >= 0.6 is 0 Å². The second-order valence-corrected chi connectivity index (χ2v) is 5.03. The van der Waals surface area contributed by atoms with Gasteiger partial charge in [0.05, 0.1) is 6.61 Å². The zero-order chi connectivity index (χ0) is 15.6. The van der Waals surface area contributed by atoms with Crippen molar-refractivity contribution in [1.82, 2.24) is 0 Å². The Bertz CT molecular complexity index is 600. The van der Waals surface area contributed by atoms with E-state index in [1.807, 2.05) is 30.3 Å². The fraction of sp³-hybridized carbons (Fsp3) is 0.211. The molecule has 0 atom stereocenters. The number of benzene rings is 2. The third-order valence-corrected chi connectivity index (χ3v) is 3.27. The first-order valence-corrected chi connectivity index (χ1v) is 7.42. The minimum Gasteiger partial charge on any atom is -0.494 e. The molecule has 0 radical (unpaired) electrons. The van der Waals surface area contributed by atoms with E-state index >= 15 is 0 Å². The number of ether oxygens (including phenoxy) is 1. The van der Waals surface area contributed by atoms with Crippen molar-refractivity contribution < 1.29 is 14.6 Å². The quantitative estimate of drug-likeness (QED) is 0.587. The lowest BCUT2D eigenvalue weighted by Gasteiger charge is -2.06. The highest BCUT2D eigenvalue weighted by Gasteiger charge is 1.96. The summed E-state index contributed by atoms with van der Waals surface area (Å²) in [6.07, 6.45) is 5.87. The van der Waals surface area contributed by atoms with Crippen molar-refractivity contribution in [3.05, 3.63) is 71.8 Å². The van der Waals surface area contributed by atoms with Crippen molar-refractivity contribution >= 4 is 12.0 Å². The highest BCUT2D eigenvalue weighted by atomic mass is 16.5. The Morgan fingerprint density at radius 1 is 1.00 bits per heavy atom. The van der Waals surface area contributed by atoms with Crippen molar-refractivity contribution in [2.45, 2.75) is 19.3 Å². The molecule has 0 bridgehead atoms. The molecule has 2 aromatic rings.